The van der Waals surface area contributed by atoms with Crippen LogP contribution in [0.4, 0.5) is 4.39 Å². The van der Waals surface area contributed by atoms with Crippen molar-refractivity contribution in [2.45, 2.75) is 31.7 Å². The second kappa shape index (κ2) is 5.88. The topological polar surface area (TPSA) is 62.5 Å². The van der Waals surface area contributed by atoms with Crippen LogP contribution in [-0.4, -0.2) is 51.1 Å². The lowest BCUT2D eigenvalue weighted by Crippen LogP contribution is -2.49. The molecule has 7 heteroatoms. The fourth-order valence-corrected chi connectivity index (χ4v) is 3.84. The van der Waals surface area contributed by atoms with E-state index in [-0.39, 0.29) is 17.6 Å². The molecule has 4 rings (SSSR count). The molecule has 2 fully saturated rings. The first kappa shape index (κ1) is 14.6. The highest BCUT2D eigenvalue weighted by Gasteiger charge is 2.39. The lowest BCUT2D eigenvalue weighted by Gasteiger charge is -2.30. The Hall–Kier alpha value is -2.02. The molecule has 2 atom stereocenters. The van der Waals surface area contributed by atoms with E-state index in [0.29, 0.717) is 23.7 Å². The highest BCUT2D eigenvalue weighted by atomic mass is 19.1. The molecule has 0 saturated carbocycles. The van der Waals surface area contributed by atoms with Crippen molar-refractivity contribution >= 4 is 11.6 Å². The predicted molar refractivity (Wildman–Crippen MR) is 82.4 cm³/mol. The largest absolute Gasteiger partial charge is 0.337 e. The average molecular weight is 317 g/mol. The molecule has 2 aliphatic heterocycles. The summed E-state index contributed by atoms with van der Waals surface area (Å²) in [7, 11) is 0. The lowest BCUT2D eigenvalue weighted by molar-refractivity contribution is -0.132. The molecule has 1 N–H and O–H groups in total. The number of nitrogens with one attached hydrogen (secondary N) is 1. The molecule has 23 heavy (non-hydrogen) atoms. The van der Waals surface area contributed by atoms with Gasteiger partial charge in [-0.3, -0.25) is 4.79 Å². The van der Waals surface area contributed by atoms with Crippen LogP contribution in [0.3, 0.4) is 0 Å². The van der Waals surface area contributed by atoms with Gasteiger partial charge in [0.2, 0.25) is 5.91 Å². The second-order valence-electron chi connectivity index (χ2n) is 6.38. The quantitative estimate of drug-likeness (QED) is 0.914. The number of hydrogen-bond acceptors (Lipinski definition) is 4. The maximum absolute atomic E-state index is 14.1. The van der Waals surface area contributed by atoms with Gasteiger partial charge < -0.3 is 10.2 Å². The van der Waals surface area contributed by atoms with Crippen LogP contribution in [0.5, 0.6) is 0 Å². The number of pyridine rings is 1. The van der Waals surface area contributed by atoms with Crippen molar-refractivity contribution in [3.63, 3.8) is 0 Å². The number of nitrogens with zero attached hydrogens (tertiary/aromatic N) is 4. The number of amides is 1. The van der Waals surface area contributed by atoms with Gasteiger partial charge in [-0.15, -0.1) is 0 Å². The lowest BCUT2D eigenvalue weighted by atomic mass is 9.96. The third-order valence-corrected chi connectivity index (χ3v) is 5.01. The molecular weight excluding hydrogens is 297 g/mol. The van der Waals surface area contributed by atoms with Crippen LogP contribution in [0.25, 0.3) is 5.65 Å². The van der Waals surface area contributed by atoms with E-state index in [2.05, 4.69) is 15.4 Å². The van der Waals surface area contributed by atoms with Crippen LogP contribution >= 0.6 is 0 Å². The highest BCUT2D eigenvalue weighted by Crippen LogP contribution is 2.29. The Bertz CT molecular complexity index is 730. The SMILES string of the molecule is O=C1[C@@H](CCCc2c(F)ccn3ncnc23)C[C@H]2CNCCN12. The fraction of sp³-hybridized carbons (Fsp3) is 0.562. The van der Waals surface area contributed by atoms with E-state index < -0.39 is 0 Å². The van der Waals surface area contributed by atoms with Crippen LogP contribution in [0.1, 0.15) is 24.8 Å². The molecule has 0 aromatic carbocycles. The number of carbonyl (C=O) groups is 1. The molecule has 0 aliphatic carbocycles. The molecule has 0 bridgehead atoms. The summed E-state index contributed by atoms with van der Waals surface area (Å²) in [6, 6.07) is 1.77. The van der Waals surface area contributed by atoms with Gasteiger partial charge in [0.05, 0.1) is 0 Å². The Morgan fingerprint density at radius 2 is 2.35 bits per heavy atom. The molecule has 2 aromatic rings. The fourth-order valence-electron chi connectivity index (χ4n) is 3.84. The van der Waals surface area contributed by atoms with Crippen LogP contribution in [-0.2, 0) is 11.2 Å². The number of halogens is 1. The molecule has 122 valence electrons. The second-order valence-corrected chi connectivity index (χ2v) is 6.38. The van der Waals surface area contributed by atoms with Crippen molar-refractivity contribution in [1.82, 2.24) is 24.8 Å². The number of hydrogen-bond donors (Lipinski definition) is 1. The summed E-state index contributed by atoms with van der Waals surface area (Å²) in [5.41, 5.74) is 1.17. The molecule has 2 aliphatic rings. The molecular formula is C16H20FN5O. The molecule has 1 amide bonds. The minimum Gasteiger partial charge on any atom is -0.337 e. The standard InChI is InChI=1S/C16H20FN5O/c17-14-4-6-22-15(19-10-20-22)13(14)3-1-2-11-8-12-9-18-5-7-21(12)16(11)23/h4,6,10-12,18H,1-3,5,7-9H2/t11-,12-/m0/s1. The zero-order valence-corrected chi connectivity index (χ0v) is 12.9. The van der Waals surface area contributed by atoms with Gasteiger partial charge in [0.25, 0.3) is 0 Å². The number of aromatic nitrogens is 3. The molecule has 2 aromatic heterocycles. The molecule has 0 unspecified atom stereocenters. The van der Waals surface area contributed by atoms with Gasteiger partial charge in [-0.25, -0.2) is 13.9 Å². The van der Waals surface area contributed by atoms with E-state index in [0.717, 1.165) is 38.9 Å². The van der Waals surface area contributed by atoms with E-state index in [9.17, 15) is 9.18 Å². The Balaban J connectivity index is 1.41. The van der Waals surface area contributed by atoms with E-state index in [1.165, 1.54) is 12.4 Å². The highest BCUT2D eigenvalue weighted by molar-refractivity contribution is 5.81. The van der Waals surface area contributed by atoms with Crippen molar-refractivity contribution < 1.29 is 9.18 Å². The van der Waals surface area contributed by atoms with Crippen molar-refractivity contribution in [1.29, 1.82) is 0 Å². The number of fused-ring (bicyclic) bond motifs is 2. The molecule has 2 saturated heterocycles. The Morgan fingerprint density at radius 1 is 1.43 bits per heavy atom. The first-order chi connectivity index (χ1) is 11.2. The van der Waals surface area contributed by atoms with Crippen LogP contribution in [0, 0.1) is 11.7 Å². The third kappa shape index (κ3) is 2.59. The minimum absolute atomic E-state index is 0.0839. The zero-order valence-electron chi connectivity index (χ0n) is 12.9. The van der Waals surface area contributed by atoms with Gasteiger partial charge in [-0.05, 0) is 31.7 Å². The van der Waals surface area contributed by atoms with Gasteiger partial charge in [0.15, 0.2) is 5.65 Å². The van der Waals surface area contributed by atoms with E-state index in [4.69, 9.17) is 0 Å². The zero-order chi connectivity index (χ0) is 15.8. The van der Waals surface area contributed by atoms with Crippen LogP contribution in [0.15, 0.2) is 18.6 Å². The predicted octanol–water partition coefficient (Wildman–Crippen LogP) is 1.01. The maximum Gasteiger partial charge on any atom is 0.226 e. The van der Waals surface area contributed by atoms with Crippen molar-refractivity contribution in [2.24, 2.45) is 5.92 Å². The summed E-state index contributed by atoms with van der Waals surface area (Å²) in [5, 5.41) is 7.38. The molecule has 6 nitrogen and oxygen atoms in total. The van der Waals surface area contributed by atoms with Gasteiger partial charge in [-0.1, -0.05) is 0 Å². The number of rotatable bonds is 4. The maximum atomic E-state index is 14.1. The summed E-state index contributed by atoms with van der Waals surface area (Å²) in [6.07, 6.45) is 6.11. The summed E-state index contributed by atoms with van der Waals surface area (Å²) >= 11 is 0. The van der Waals surface area contributed by atoms with Crippen molar-refractivity contribution in [2.75, 3.05) is 19.6 Å². The average Bonchev–Trinajstić information content (AvgIpc) is 3.15. The van der Waals surface area contributed by atoms with E-state index in [1.54, 1.807) is 10.7 Å². The summed E-state index contributed by atoms with van der Waals surface area (Å²) in [4.78, 5) is 18.6. The van der Waals surface area contributed by atoms with Crippen molar-refractivity contribution in [3.05, 3.63) is 30.0 Å². The summed E-state index contributed by atoms with van der Waals surface area (Å²) in [5.74, 6) is 0.114. The van der Waals surface area contributed by atoms with Crippen LogP contribution in [0.2, 0.25) is 0 Å². The van der Waals surface area contributed by atoms with Crippen LogP contribution < -0.4 is 5.32 Å². The van der Waals surface area contributed by atoms with Gasteiger partial charge in [-0.2, -0.15) is 5.10 Å². The van der Waals surface area contributed by atoms with E-state index in [1.807, 2.05) is 4.90 Å². The summed E-state index contributed by atoms with van der Waals surface area (Å²) < 4.78 is 15.6. The molecule has 4 heterocycles. The van der Waals surface area contributed by atoms with Gasteiger partial charge in [0, 0.05) is 43.4 Å². The normalized spacial score (nSPS) is 24.4. The monoisotopic (exact) mass is 317 g/mol. The Kier molecular flexibility index (Phi) is 3.72. The first-order valence-electron chi connectivity index (χ1n) is 8.22. The third-order valence-electron chi connectivity index (χ3n) is 5.01. The number of piperazine rings is 1. The van der Waals surface area contributed by atoms with E-state index >= 15 is 0 Å². The van der Waals surface area contributed by atoms with Gasteiger partial charge >= 0.3 is 0 Å². The Labute approximate surface area is 133 Å². The smallest absolute Gasteiger partial charge is 0.226 e. The Morgan fingerprint density at radius 3 is 3.22 bits per heavy atom. The number of aryl methyl sites for hydroxylation is 1. The summed E-state index contributed by atoms with van der Waals surface area (Å²) in [6.45, 7) is 2.60. The first-order valence-corrected chi connectivity index (χ1v) is 8.22. The minimum atomic E-state index is -0.245. The molecule has 0 spiro atoms. The molecule has 0 radical (unpaired) electrons. The van der Waals surface area contributed by atoms with Gasteiger partial charge in [0.1, 0.15) is 12.1 Å². The van der Waals surface area contributed by atoms with Crippen molar-refractivity contribution in [3.8, 4) is 0 Å². The number of carbonyl (C=O) groups excluding carboxylic acids is 1.